The number of aryl methyl sites for hydroxylation is 2. The van der Waals surface area contributed by atoms with Gasteiger partial charge >= 0.3 is 0 Å². The monoisotopic (exact) mass is 408 g/mol. The fourth-order valence-electron chi connectivity index (χ4n) is 3.11. The fraction of sp³-hybridized carbons (Fsp3) is 0.115. The molecule has 1 heterocycles. The van der Waals surface area contributed by atoms with E-state index in [-0.39, 0.29) is 5.91 Å². The number of aromatic nitrogens is 2. The summed E-state index contributed by atoms with van der Waals surface area (Å²) < 4.78 is 0. The molecule has 1 aromatic heterocycles. The Balaban J connectivity index is 1.39. The lowest BCUT2D eigenvalue weighted by molar-refractivity contribution is 0.0951. The lowest BCUT2D eigenvalue weighted by atomic mass is 10.1. The Morgan fingerprint density at radius 1 is 0.806 bits per heavy atom. The predicted molar refractivity (Wildman–Crippen MR) is 124 cm³/mol. The van der Waals surface area contributed by atoms with Crippen molar-refractivity contribution in [3.05, 3.63) is 107 Å². The molecule has 0 spiro atoms. The molecule has 4 rings (SSSR count). The van der Waals surface area contributed by atoms with Crippen LogP contribution in [-0.4, -0.2) is 15.9 Å². The van der Waals surface area contributed by atoms with E-state index in [9.17, 15) is 4.79 Å². The quantitative estimate of drug-likeness (QED) is 0.446. The number of amides is 1. The number of rotatable bonds is 6. The molecule has 0 radical (unpaired) electrons. The maximum absolute atomic E-state index is 12.4. The first kappa shape index (κ1) is 20.3. The van der Waals surface area contributed by atoms with Crippen LogP contribution < -0.4 is 10.6 Å². The van der Waals surface area contributed by atoms with E-state index in [1.165, 1.54) is 11.1 Å². The van der Waals surface area contributed by atoms with Crippen LogP contribution in [0.5, 0.6) is 0 Å². The average molecular weight is 409 g/mol. The Labute approximate surface area is 182 Å². The molecule has 0 fully saturated rings. The van der Waals surface area contributed by atoms with Crippen LogP contribution in [0.4, 0.5) is 11.5 Å². The van der Waals surface area contributed by atoms with Crippen molar-refractivity contribution in [1.82, 2.24) is 15.3 Å². The molecule has 1 amide bonds. The number of carbonyl (C=O) groups is 1. The van der Waals surface area contributed by atoms with Gasteiger partial charge in [-0.3, -0.25) is 4.79 Å². The van der Waals surface area contributed by atoms with Crippen LogP contribution in [0.25, 0.3) is 11.4 Å². The van der Waals surface area contributed by atoms with Crippen LogP contribution in [0.3, 0.4) is 0 Å². The summed E-state index contributed by atoms with van der Waals surface area (Å²) in [5, 5.41) is 6.23. The predicted octanol–water partition coefficient (Wildman–Crippen LogP) is 5.43. The lowest BCUT2D eigenvalue weighted by Gasteiger charge is -2.09. The molecule has 154 valence electrons. The molecule has 4 aromatic rings. The molecule has 0 bridgehead atoms. The maximum atomic E-state index is 12.4. The van der Waals surface area contributed by atoms with Gasteiger partial charge in [-0.2, -0.15) is 0 Å². The molecular formula is C26H24N4O. The van der Waals surface area contributed by atoms with Gasteiger partial charge in [0.05, 0.1) is 0 Å². The zero-order valence-electron chi connectivity index (χ0n) is 17.6. The molecule has 5 heteroatoms. The van der Waals surface area contributed by atoms with Crippen LogP contribution >= 0.6 is 0 Å². The molecule has 0 atom stereocenters. The van der Waals surface area contributed by atoms with Crippen LogP contribution in [0.15, 0.2) is 85.1 Å². The van der Waals surface area contributed by atoms with Crippen molar-refractivity contribution in [3.63, 3.8) is 0 Å². The topological polar surface area (TPSA) is 66.9 Å². The van der Waals surface area contributed by atoms with E-state index in [0.29, 0.717) is 23.8 Å². The summed E-state index contributed by atoms with van der Waals surface area (Å²) in [6.07, 6.45) is 1.73. The smallest absolute Gasteiger partial charge is 0.251 e. The molecule has 2 N–H and O–H groups in total. The second kappa shape index (κ2) is 9.22. The van der Waals surface area contributed by atoms with Crippen molar-refractivity contribution < 1.29 is 4.79 Å². The number of benzene rings is 3. The number of anilines is 2. The molecule has 31 heavy (non-hydrogen) atoms. The molecule has 3 aromatic carbocycles. The average Bonchev–Trinajstić information content (AvgIpc) is 2.80. The lowest BCUT2D eigenvalue weighted by Crippen LogP contribution is -2.22. The van der Waals surface area contributed by atoms with Gasteiger partial charge in [0.25, 0.3) is 5.91 Å². The Hall–Kier alpha value is -3.99. The van der Waals surface area contributed by atoms with E-state index in [0.717, 1.165) is 16.8 Å². The first-order chi connectivity index (χ1) is 15.1. The summed E-state index contributed by atoms with van der Waals surface area (Å²) >= 11 is 0. The number of carbonyl (C=O) groups excluding carboxylic acids is 1. The van der Waals surface area contributed by atoms with Crippen LogP contribution in [0, 0.1) is 13.8 Å². The van der Waals surface area contributed by atoms with E-state index in [1.54, 1.807) is 18.3 Å². The number of hydrogen-bond acceptors (Lipinski definition) is 4. The summed E-state index contributed by atoms with van der Waals surface area (Å²) in [5.41, 5.74) is 5.90. The van der Waals surface area contributed by atoms with Gasteiger partial charge in [-0.25, -0.2) is 9.97 Å². The van der Waals surface area contributed by atoms with E-state index in [1.807, 2.05) is 73.7 Å². The van der Waals surface area contributed by atoms with Gasteiger partial charge in [-0.1, -0.05) is 59.7 Å². The summed E-state index contributed by atoms with van der Waals surface area (Å²) in [5.74, 6) is 1.26. The highest BCUT2D eigenvalue weighted by molar-refractivity contribution is 5.94. The second-order valence-corrected chi connectivity index (χ2v) is 7.50. The van der Waals surface area contributed by atoms with Crippen molar-refractivity contribution in [2.45, 2.75) is 20.4 Å². The summed E-state index contributed by atoms with van der Waals surface area (Å²) in [6, 6.07) is 25.4. The van der Waals surface area contributed by atoms with Crippen LogP contribution in [-0.2, 0) is 6.54 Å². The third kappa shape index (κ3) is 5.34. The van der Waals surface area contributed by atoms with E-state index in [2.05, 4.69) is 27.5 Å². The van der Waals surface area contributed by atoms with Gasteiger partial charge in [0, 0.05) is 29.6 Å². The van der Waals surface area contributed by atoms with Crippen molar-refractivity contribution in [1.29, 1.82) is 0 Å². The van der Waals surface area contributed by atoms with Gasteiger partial charge in [-0.05, 0) is 49.7 Å². The SMILES string of the molecule is Cc1ccc(CNC(=O)c2ccc(Nc3ccnc(-c4ccc(C)cc4)n3)cc2)cc1. The van der Waals surface area contributed by atoms with E-state index < -0.39 is 0 Å². The molecule has 0 aliphatic carbocycles. The third-order valence-electron chi connectivity index (χ3n) is 4.96. The zero-order chi connectivity index (χ0) is 21.6. The van der Waals surface area contributed by atoms with Gasteiger partial charge < -0.3 is 10.6 Å². The molecule has 0 aliphatic rings. The highest BCUT2D eigenvalue weighted by Crippen LogP contribution is 2.20. The summed E-state index contributed by atoms with van der Waals surface area (Å²) in [6.45, 7) is 4.60. The Morgan fingerprint density at radius 3 is 2.13 bits per heavy atom. The van der Waals surface area contributed by atoms with Crippen molar-refractivity contribution in [2.75, 3.05) is 5.32 Å². The summed E-state index contributed by atoms with van der Waals surface area (Å²) in [4.78, 5) is 21.4. The Kier molecular flexibility index (Phi) is 6.03. The highest BCUT2D eigenvalue weighted by Gasteiger charge is 2.07. The number of nitrogens with zero attached hydrogens (tertiary/aromatic N) is 2. The maximum Gasteiger partial charge on any atom is 0.251 e. The van der Waals surface area contributed by atoms with E-state index in [4.69, 9.17) is 0 Å². The Morgan fingerprint density at radius 2 is 1.45 bits per heavy atom. The highest BCUT2D eigenvalue weighted by atomic mass is 16.1. The third-order valence-corrected chi connectivity index (χ3v) is 4.96. The molecule has 0 saturated carbocycles. The number of hydrogen-bond donors (Lipinski definition) is 2. The van der Waals surface area contributed by atoms with Gasteiger partial charge in [-0.15, -0.1) is 0 Å². The summed E-state index contributed by atoms with van der Waals surface area (Å²) in [7, 11) is 0. The Bertz CT molecular complexity index is 1170. The molecule has 0 saturated heterocycles. The fourth-order valence-corrected chi connectivity index (χ4v) is 3.11. The van der Waals surface area contributed by atoms with Crippen molar-refractivity contribution in [3.8, 4) is 11.4 Å². The number of nitrogens with one attached hydrogen (secondary N) is 2. The first-order valence-electron chi connectivity index (χ1n) is 10.2. The minimum atomic E-state index is -0.101. The molecule has 0 aliphatic heterocycles. The van der Waals surface area contributed by atoms with Crippen LogP contribution in [0.1, 0.15) is 27.0 Å². The normalized spacial score (nSPS) is 10.5. The molecular weight excluding hydrogens is 384 g/mol. The van der Waals surface area contributed by atoms with Gasteiger partial charge in [0.1, 0.15) is 5.82 Å². The van der Waals surface area contributed by atoms with Crippen molar-refractivity contribution in [2.24, 2.45) is 0 Å². The van der Waals surface area contributed by atoms with Crippen LogP contribution in [0.2, 0.25) is 0 Å². The second-order valence-electron chi connectivity index (χ2n) is 7.50. The van der Waals surface area contributed by atoms with Crippen molar-refractivity contribution >= 4 is 17.4 Å². The van der Waals surface area contributed by atoms with E-state index >= 15 is 0 Å². The zero-order valence-corrected chi connectivity index (χ0v) is 17.6. The minimum Gasteiger partial charge on any atom is -0.348 e. The standard InChI is InChI=1S/C26H24N4O/c1-18-3-7-20(8-4-18)17-28-26(31)22-11-13-23(14-12-22)29-24-15-16-27-25(30-24)21-9-5-19(2)6-10-21/h3-16H,17H2,1-2H3,(H,28,31)(H,27,29,30). The first-order valence-corrected chi connectivity index (χ1v) is 10.2. The van der Waals surface area contributed by atoms with Gasteiger partial charge in [0.15, 0.2) is 5.82 Å². The molecule has 5 nitrogen and oxygen atoms in total. The molecule has 0 unspecified atom stereocenters. The largest absolute Gasteiger partial charge is 0.348 e. The van der Waals surface area contributed by atoms with Gasteiger partial charge in [0.2, 0.25) is 0 Å². The minimum absolute atomic E-state index is 0.101.